The molecule has 4 rings (SSSR count). The van der Waals surface area contributed by atoms with Gasteiger partial charge in [-0.15, -0.1) is 0 Å². The summed E-state index contributed by atoms with van der Waals surface area (Å²) < 4.78 is 0. The smallest absolute Gasteiger partial charge is 0.124 e. The third-order valence-corrected chi connectivity index (χ3v) is 3.61. The molecule has 0 aliphatic heterocycles. The predicted octanol–water partition coefficient (Wildman–Crippen LogP) is 2.68. The maximum absolute atomic E-state index is 6.26. The summed E-state index contributed by atoms with van der Waals surface area (Å²) in [6.45, 7) is 0. The van der Waals surface area contributed by atoms with Gasteiger partial charge in [0.05, 0.1) is 28.1 Å². The fourth-order valence-corrected chi connectivity index (χ4v) is 2.56. The van der Waals surface area contributed by atoms with Crippen LogP contribution in [0.5, 0.6) is 0 Å². The first-order valence-corrected chi connectivity index (χ1v) is 6.93. The quantitative estimate of drug-likeness (QED) is 0.538. The van der Waals surface area contributed by atoms with Gasteiger partial charge in [0.1, 0.15) is 11.6 Å². The van der Waals surface area contributed by atoms with Crippen LogP contribution in [0, 0.1) is 0 Å². The van der Waals surface area contributed by atoms with Gasteiger partial charge in [-0.25, -0.2) is 9.97 Å². The molecule has 0 amide bonds. The van der Waals surface area contributed by atoms with Gasteiger partial charge in [0.2, 0.25) is 0 Å². The van der Waals surface area contributed by atoms with Gasteiger partial charge < -0.3 is 15.7 Å². The third kappa shape index (κ3) is 2.17. The van der Waals surface area contributed by atoms with E-state index in [0.29, 0.717) is 6.42 Å². The van der Waals surface area contributed by atoms with Crippen LogP contribution >= 0.6 is 0 Å². The Morgan fingerprint density at radius 3 is 2.14 bits per heavy atom. The molecule has 5 nitrogen and oxygen atoms in total. The second-order valence-electron chi connectivity index (χ2n) is 5.15. The summed E-state index contributed by atoms with van der Waals surface area (Å²) in [7, 11) is 0. The number of nitrogens with one attached hydrogen (secondary N) is 2. The first-order chi connectivity index (χ1) is 10.3. The number of H-pyrrole nitrogens is 2. The average Bonchev–Trinajstić information content (AvgIpc) is 3.10. The Hall–Kier alpha value is -2.66. The van der Waals surface area contributed by atoms with Crippen molar-refractivity contribution >= 4 is 22.1 Å². The van der Waals surface area contributed by atoms with Gasteiger partial charge in [0, 0.05) is 6.42 Å². The number of hydrogen-bond donors (Lipinski definition) is 3. The molecule has 0 saturated heterocycles. The van der Waals surface area contributed by atoms with Gasteiger partial charge in [-0.2, -0.15) is 0 Å². The SMILES string of the molecule is NC(Cc1nc2ccccc2[nH]1)c1nc2ccccc2[nH]1. The van der Waals surface area contributed by atoms with Gasteiger partial charge >= 0.3 is 0 Å². The molecular formula is C16H15N5. The first kappa shape index (κ1) is 12.1. The van der Waals surface area contributed by atoms with Crippen molar-refractivity contribution in [3.05, 3.63) is 60.2 Å². The Balaban J connectivity index is 1.63. The van der Waals surface area contributed by atoms with E-state index in [1.807, 2.05) is 48.5 Å². The van der Waals surface area contributed by atoms with E-state index in [1.165, 1.54) is 0 Å². The van der Waals surface area contributed by atoms with Gasteiger partial charge in [0.25, 0.3) is 0 Å². The summed E-state index contributed by atoms with van der Waals surface area (Å²) in [5.74, 6) is 1.67. The summed E-state index contributed by atoms with van der Waals surface area (Å²) in [6, 6.07) is 15.7. The summed E-state index contributed by atoms with van der Waals surface area (Å²) in [5.41, 5.74) is 10.2. The maximum Gasteiger partial charge on any atom is 0.124 e. The zero-order chi connectivity index (χ0) is 14.2. The Labute approximate surface area is 121 Å². The molecule has 2 heterocycles. The molecule has 2 aromatic heterocycles. The molecule has 0 spiro atoms. The minimum Gasteiger partial charge on any atom is -0.342 e. The van der Waals surface area contributed by atoms with Crippen molar-refractivity contribution in [2.45, 2.75) is 12.5 Å². The van der Waals surface area contributed by atoms with Crippen molar-refractivity contribution in [3.8, 4) is 0 Å². The van der Waals surface area contributed by atoms with E-state index >= 15 is 0 Å². The highest BCUT2D eigenvalue weighted by Crippen LogP contribution is 2.18. The van der Waals surface area contributed by atoms with Crippen LogP contribution in [-0.2, 0) is 6.42 Å². The number of aromatic amines is 2. The molecule has 21 heavy (non-hydrogen) atoms. The molecule has 0 saturated carbocycles. The largest absolute Gasteiger partial charge is 0.342 e. The number of imidazole rings is 2. The lowest BCUT2D eigenvalue weighted by Crippen LogP contribution is -2.15. The molecule has 4 N–H and O–H groups in total. The topological polar surface area (TPSA) is 83.4 Å². The highest BCUT2D eigenvalue weighted by molar-refractivity contribution is 5.75. The number of rotatable bonds is 3. The van der Waals surface area contributed by atoms with Gasteiger partial charge in [-0.1, -0.05) is 24.3 Å². The molecule has 4 aromatic rings. The van der Waals surface area contributed by atoms with E-state index in [1.54, 1.807) is 0 Å². The predicted molar refractivity (Wildman–Crippen MR) is 82.8 cm³/mol. The standard InChI is InChI=1S/C16H15N5/c17-10(16-20-13-7-3-4-8-14(13)21-16)9-15-18-11-5-1-2-6-12(11)19-15/h1-8,10H,9,17H2,(H,18,19)(H,20,21). The highest BCUT2D eigenvalue weighted by Gasteiger charge is 2.14. The van der Waals surface area contributed by atoms with Crippen molar-refractivity contribution in [3.63, 3.8) is 0 Å². The Morgan fingerprint density at radius 1 is 0.857 bits per heavy atom. The number of fused-ring (bicyclic) bond motifs is 2. The lowest BCUT2D eigenvalue weighted by atomic mass is 10.2. The number of para-hydroxylation sites is 4. The van der Waals surface area contributed by atoms with Crippen LogP contribution in [-0.4, -0.2) is 19.9 Å². The summed E-state index contributed by atoms with van der Waals surface area (Å²) >= 11 is 0. The van der Waals surface area contributed by atoms with Crippen LogP contribution in [0.15, 0.2) is 48.5 Å². The van der Waals surface area contributed by atoms with E-state index in [2.05, 4.69) is 19.9 Å². The zero-order valence-corrected chi connectivity index (χ0v) is 11.4. The average molecular weight is 277 g/mol. The lowest BCUT2D eigenvalue weighted by molar-refractivity contribution is 0.660. The van der Waals surface area contributed by atoms with Crippen molar-refractivity contribution < 1.29 is 0 Å². The van der Waals surface area contributed by atoms with E-state index < -0.39 is 0 Å². The summed E-state index contributed by atoms with van der Waals surface area (Å²) in [6.07, 6.45) is 0.620. The molecule has 2 aromatic carbocycles. The van der Waals surface area contributed by atoms with E-state index in [4.69, 9.17) is 5.73 Å². The second kappa shape index (κ2) is 4.71. The first-order valence-electron chi connectivity index (χ1n) is 6.93. The molecule has 104 valence electrons. The third-order valence-electron chi connectivity index (χ3n) is 3.61. The molecular weight excluding hydrogens is 262 g/mol. The van der Waals surface area contributed by atoms with Crippen molar-refractivity contribution in [2.24, 2.45) is 5.73 Å². The van der Waals surface area contributed by atoms with Crippen molar-refractivity contribution in [1.29, 1.82) is 0 Å². The molecule has 5 heteroatoms. The van der Waals surface area contributed by atoms with Crippen LogP contribution in [0.3, 0.4) is 0 Å². The normalized spacial score (nSPS) is 13.0. The van der Waals surface area contributed by atoms with Crippen molar-refractivity contribution in [2.75, 3.05) is 0 Å². The van der Waals surface area contributed by atoms with Crippen LogP contribution in [0.4, 0.5) is 0 Å². The monoisotopic (exact) mass is 277 g/mol. The molecule has 1 atom stereocenters. The minimum atomic E-state index is -0.210. The molecule has 0 aliphatic carbocycles. The van der Waals surface area contributed by atoms with E-state index in [9.17, 15) is 0 Å². The van der Waals surface area contributed by atoms with Crippen LogP contribution in [0.2, 0.25) is 0 Å². The number of hydrogen-bond acceptors (Lipinski definition) is 3. The fraction of sp³-hybridized carbons (Fsp3) is 0.125. The highest BCUT2D eigenvalue weighted by atomic mass is 15.0. The van der Waals surface area contributed by atoms with Crippen molar-refractivity contribution in [1.82, 2.24) is 19.9 Å². The van der Waals surface area contributed by atoms with E-state index in [-0.39, 0.29) is 6.04 Å². The Kier molecular flexibility index (Phi) is 2.72. The van der Waals surface area contributed by atoms with Gasteiger partial charge in [-0.3, -0.25) is 0 Å². The fourth-order valence-electron chi connectivity index (χ4n) is 2.56. The summed E-state index contributed by atoms with van der Waals surface area (Å²) in [5, 5.41) is 0. The number of nitrogens with zero attached hydrogens (tertiary/aromatic N) is 2. The van der Waals surface area contributed by atoms with Gasteiger partial charge in [-0.05, 0) is 24.3 Å². The van der Waals surface area contributed by atoms with Crippen LogP contribution in [0.25, 0.3) is 22.1 Å². The van der Waals surface area contributed by atoms with E-state index in [0.717, 1.165) is 33.7 Å². The Morgan fingerprint density at radius 2 is 1.48 bits per heavy atom. The minimum absolute atomic E-state index is 0.210. The summed E-state index contributed by atoms with van der Waals surface area (Å²) in [4.78, 5) is 15.7. The zero-order valence-electron chi connectivity index (χ0n) is 11.4. The lowest BCUT2D eigenvalue weighted by Gasteiger charge is -2.05. The molecule has 0 fully saturated rings. The second-order valence-corrected chi connectivity index (χ2v) is 5.15. The number of aromatic nitrogens is 4. The molecule has 1 unspecified atom stereocenters. The maximum atomic E-state index is 6.26. The molecule has 0 radical (unpaired) electrons. The van der Waals surface area contributed by atoms with Gasteiger partial charge in [0.15, 0.2) is 0 Å². The number of nitrogens with two attached hydrogens (primary N) is 1. The molecule has 0 aliphatic rings. The Bertz CT molecular complexity index is 839. The number of benzene rings is 2. The molecule has 0 bridgehead atoms. The van der Waals surface area contributed by atoms with Crippen LogP contribution < -0.4 is 5.73 Å². The van der Waals surface area contributed by atoms with Crippen LogP contribution in [0.1, 0.15) is 17.7 Å².